The highest BCUT2D eigenvalue weighted by molar-refractivity contribution is 5.67. The molecule has 2 nitrogen and oxygen atoms in total. The van der Waals surface area contributed by atoms with Gasteiger partial charge in [-0.15, -0.1) is 0 Å². The molecule has 0 aromatic heterocycles. The Labute approximate surface area is 102 Å². The number of benzene rings is 2. The van der Waals surface area contributed by atoms with Crippen molar-refractivity contribution >= 4 is 0 Å². The molecule has 0 aliphatic carbocycles. The molecular weight excluding hydrogens is 210 g/mol. The van der Waals surface area contributed by atoms with Crippen LogP contribution in [0, 0.1) is 0 Å². The van der Waals surface area contributed by atoms with Crippen LogP contribution in [-0.4, -0.2) is 11.7 Å². The second-order valence-corrected chi connectivity index (χ2v) is 4.05. The standard InChI is InChI=1S/C15H17NO/c16-11-10-15(17)14-9-5-4-8-13(14)12-6-2-1-3-7-12/h1-9,15,17H,10-11,16H2/t15-/m0/s1. The van der Waals surface area contributed by atoms with E-state index < -0.39 is 6.10 Å². The van der Waals surface area contributed by atoms with Gasteiger partial charge < -0.3 is 10.8 Å². The first-order valence-corrected chi connectivity index (χ1v) is 5.85. The van der Waals surface area contributed by atoms with Gasteiger partial charge in [-0.2, -0.15) is 0 Å². The molecule has 0 saturated carbocycles. The second-order valence-electron chi connectivity index (χ2n) is 4.05. The minimum Gasteiger partial charge on any atom is -0.388 e. The summed E-state index contributed by atoms with van der Waals surface area (Å²) in [4.78, 5) is 0. The van der Waals surface area contributed by atoms with Gasteiger partial charge in [0.25, 0.3) is 0 Å². The summed E-state index contributed by atoms with van der Waals surface area (Å²) in [5.74, 6) is 0. The summed E-state index contributed by atoms with van der Waals surface area (Å²) in [6.45, 7) is 0.490. The highest BCUT2D eigenvalue weighted by atomic mass is 16.3. The lowest BCUT2D eigenvalue weighted by atomic mass is 9.95. The van der Waals surface area contributed by atoms with Gasteiger partial charge in [0.05, 0.1) is 6.10 Å². The number of aliphatic hydroxyl groups excluding tert-OH is 1. The highest BCUT2D eigenvalue weighted by Crippen LogP contribution is 2.29. The molecule has 0 aliphatic heterocycles. The van der Waals surface area contributed by atoms with Gasteiger partial charge in [-0.25, -0.2) is 0 Å². The van der Waals surface area contributed by atoms with E-state index in [1.54, 1.807) is 0 Å². The Morgan fingerprint density at radius 3 is 2.29 bits per heavy atom. The van der Waals surface area contributed by atoms with E-state index in [2.05, 4.69) is 0 Å². The van der Waals surface area contributed by atoms with Crippen molar-refractivity contribution in [1.29, 1.82) is 0 Å². The molecule has 0 spiro atoms. The first-order valence-electron chi connectivity index (χ1n) is 5.85. The van der Waals surface area contributed by atoms with Crippen LogP contribution in [0.3, 0.4) is 0 Å². The minimum absolute atomic E-state index is 0.489. The summed E-state index contributed by atoms with van der Waals surface area (Å²) in [6, 6.07) is 18.0. The molecule has 0 amide bonds. The monoisotopic (exact) mass is 227 g/mol. The summed E-state index contributed by atoms with van der Waals surface area (Å²) in [5.41, 5.74) is 8.65. The Bertz CT molecular complexity index is 467. The summed E-state index contributed by atoms with van der Waals surface area (Å²) in [5, 5.41) is 10.1. The molecule has 0 aliphatic rings. The van der Waals surface area contributed by atoms with Crippen LogP contribution >= 0.6 is 0 Å². The van der Waals surface area contributed by atoms with Crippen molar-refractivity contribution in [1.82, 2.24) is 0 Å². The topological polar surface area (TPSA) is 46.2 Å². The van der Waals surface area contributed by atoms with E-state index in [1.165, 1.54) is 0 Å². The second kappa shape index (κ2) is 5.62. The molecule has 2 heteroatoms. The van der Waals surface area contributed by atoms with Gasteiger partial charge >= 0.3 is 0 Å². The normalized spacial score (nSPS) is 12.4. The number of aliphatic hydroxyl groups is 1. The molecule has 0 radical (unpaired) electrons. The molecule has 0 saturated heterocycles. The summed E-state index contributed by atoms with van der Waals surface area (Å²) in [6.07, 6.45) is 0.0977. The third kappa shape index (κ3) is 2.73. The number of hydrogen-bond donors (Lipinski definition) is 2. The van der Waals surface area contributed by atoms with E-state index in [4.69, 9.17) is 5.73 Å². The lowest BCUT2D eigenvalue weighted by Gasteiger charge is -2.15. The van der Waals surface area contributed by atoms with Gasteiger partial charge in [-0.1, -0.05) is 54.6 Å². The van der Waals surface area contributed by atoms with Gasteiger partial charge in [0, 0.05) is 0 Å². The van der Waals surface area contributed by atoms with Crippen LogP contribution in [0.25, 0.3) is 11.1 Å². The molecule has 88 valence electrons. The maximum Gasteiger partial charge on any atom is 0.0808 e. The van der Waals surface area contributed by atoms with E-state index in [1.807, 2.05) is 54.6 Å². The van der Waals surface area contributed by atoms with Crippen molar-refractivity contribution < 1.29 is 5.11 Å². The zero-order valence-electron chi connectivity index (χ0n) is 9.71. The van der Waals surface area contributed by atoms with Crippen LogP contribution in [0.4, 0.5) is 0 Å². The fourth-order valence-electron chi connectivity index (χ4n) is 1.98. The quantitative estimate of drug-likeness (QED) is 0.843. The molecule has 0 fully saturated rings. The number of nitrogens with two attached hydrogens (primary N) is 1. The van der Waals surface area contributed by atoms with Crippen LogP contribution < -0.4 is 5.73 Å². The third-order valence-electron chi connectivity index (χ3n) is 2.84. The predicted octanol–water partition coefficient (Wildman–Crippen LogP) is 2.74. The smallest absolute Gasteiger partial charge is 0.0808 e. The van der Waals surface area contributed by atoms with E-state index in [9.17, 15) is 5.11 Å². The Morgan fingerprint density at radius 1 is 0.941 bits per heavy atom. The zero-order valence-corrected chi connectivity index (χ0v) is 9.71. The van der Waals surface area contributed by atoms with E-state index in [0.29, 0.717) is 13.0 Å². The third-order valence-corrected chi connectivity index (χ3v) is 2.84. The molecule has 0 heterocycles. The van der Waals surface area contributed by atoms with Crippen LogP contribution in [0.2, 0.25) is 0 Å². The van der Waals surface area contributed by atoms with Crippen molar-refractivity contribution in [3.05, 3.63) is 60.2 Å². The van der Waals surface area contributed by atoms with Gasteiger partial charge in [0.1, 0.15) is 0 Å². The average Bonchev–Trinajstić information content (AvgIpc) is 2.40. The van der Waals surface area contributed by atoms with Crippen LogP contribution in [0.5, 0.6) is 0 Å². The Hall–Kier alpha value is -1.64. The Kier molecular flexibility index (Phi) is 3.91. The molecule has 2 rings (SSSR count). The molecular formula is C15H17NO. The highest BCUT2D eigenvalue weighted by Gasteiger charge is 2.11. The lowest BCUT2D eigenvalue weighted by Crippen LogP contribution is -2.07. The predicted molar refractivity (Wildman–Crippen MR) is 70.5 cm³/mol. The van der Waals surface area contributed by atoms with E-state index in [-0.39, 0.29) is 0 Å². The summed E-state index contributed by atoms with van der Waals surface area (Å²) in [7, 11) is 0. The molecule has 17 heavy (non-hydrogen) atoms. The molecule has 3 N–H and O–H groups in total. The number of hydrogen-bond acceptors (Lipinski definition) is 2. The molecule has 2 aromatic rings. The van der Waals surface area contributed by atoms with Crippen molar-refractivity contribution in [2.75, 3.05) is 6.54 Å². The van der Waals surface area contributed by atoms with Crippen molar-refractivity contribution in [2.45, 2.75) is 12.5 Å². The average molecular weight is 227 g/mol. The van der Waals surface area contributed by atoms with Gasteiger partial charge in [-0.3, -0.25) is 0 Å². The molecule has 2 aromatic carbocycles. The number of rotatable bonds is 4. The largest absolute Gasteiger partial charge is 0.388 e. The fraction of sp³-hybridized carbons (Fsp3) is 0.200. The van der Waals surface area contributed by atoms with Crippen LogP contribution in [0.1, 0.15) is 18.1 Å². The SMILES string of the molecule is NCC[C@H](O)c1ccccc1-c1ccccc1. The summed E-state index contributed by atoms with van der Waals surface area (Å²) >= 11 is 0. The zero-order chi connectivity index (χ0) is 12.1. The Morgan fingerprint density at radius 2 is 1.59 bits per heavy atom. The molecule has 0 unspecified atom stereocenters. The fourth-order valence-corrected chi connectivity index (χ4v) is 1.98. The van der Waals surface area contributed by atoms with Crippen molar-refractivity contribution in [3.63, 3.8) is 0 Å². The van der Waals surface area contributed by atoms with Crippen molar-refractivity contribution in [3.8, 4) is 11.1 Å². The lowest BCUT2D eigenvalue weighted by molar-refractivity contribution is 0.171. The molecule has 0 bridgehead atoms. The van der Waals surface area contributed by atoms with Gasteiger partial charge in [0.15, 0.2) is 0 Å². The minimum atomic E-state index is -0.489. The Balaban J connectivity index is 2.41. The summed E-state index contributed by atoms with van der Waals surface area (Å²) < 4.78 is 0. The van der Waals surface area contributed by atoms with Crippen LogP contribution in [0.15, 0.2) is 54.6 Å². The first-order chi connectivity index (χ1) is 8.33. The van der Waals surface area contributed by atoms with E-state index >= 15 is 0 Å². The van der Waals surface area contributed by atoms with E-state index in [0.717, 1.165) is 16.7 Å². The van der Waals surface area contributed by atoms with Crippen molar-refractivity contribution in [2.24, 2.45) is 5.73 Å². The first kappa shape index (κ1) is 11.8. The van der Waals surface area contributed by atoms with Crippen LogP contribution in [-0.2, 0) is 0 Å². The van der Waals surface area contributed by atoms with Gasteiger partial charge in [-0.05, 0) is 29.7 Å². The maximum absolute atomic E-state index is 10.1. The maximum atomic E-state index is 10.1. The molecule has 1 atom stereocenters. The van der Waals surface area contributed by atoms with Gasteiger partial charge in [0.2, 0.25) is 0 Å².